The average Bonchev–Trinajstić information content (AvgIpc) is 1.83. The number of hydrogen-bond donors (Lipinski definition) is 1. The minimum Gasteiger partial charge on any atom is -0.358 e. The molecule has 4 heteroatoms. The van der Waals surface area contributed by atoms with Crippen LogP contribution < -0.4 is 5.32 Å². The highest BCUT2D eigenvalue weighted by atomic mass is 32.2. The summed E-state index contributed by atoms with van der Waals surface area (Å²) in [6.07, 6.45) is 0. The molecule has 0 spiro atoms. The van der Waals surface area contributed by atoms with Crippen molar-refractivity contribution in [1.29, 1.82) is 0 Å². The molecular weight excluding hydrogens is 126 g/mol. The van der Waals surface area contributed by atoms with E-state index in [1.54, 1.807) is 0 Å². The van der Waals surface area contributed by atoms with Crippen molar-refractivity contribution in [3.8, 4) is 0 Å². The molecule has 3 nitrogen and oxygen atoms in total. The highest BCUT2D eigenvalue weighted by Gasteiger charge is 1.93. The SMILES string of the molecule is CNC(=O)CSC=O. The van der Waals surface area contributed by atoms with Crippen LogP contribution in [0, 0.1) is 0 Å². The van der Waals surface area contributed by atoms with Gasteiger partial charge in [0.1, 0.15) is 0 Å². The summed E-state index contributed by atoms with van der Waals surface area (Å²) in [5.74, 6) is 0.0992. The van der Waals surface area contributed by atoms with E-state index in [0.29, 0.717) is 5.62 Å². The first-order chi connectivity index (χ1) is 3.81. The molecule has 1 N–H and O–H groups in total. The lowest BCUT2D eigenvalue weighted by Gasteiger charge is -1.90. The zero-order valence-electron chi connectivity index (χ0n) is 4.51. The summed E-state index contributed by atoms with van der Waals surface area (Å²) in [5, 5.41) is 2.38. The Morgan fingerprint density at radius 2 is 2.50 bits per heavy atom. The maximum Gasteiger partial charge on any atom is 0.230 e. The van der Waals surface area contributed by atoms with Gasteiger partial charge in [-0.1, -0.05) is 11.8 Å². The summed E-state index contributed by atoms with van der Waals surface area (Å²) >= 11 is 0.948. The van der Waals surface area contributed by atoms with Crippen LogP contribution in [0.4, 0.5) is 0 Å². The van der Waals surface area contributed by atoms with Crippen molar-refractivity contribution < 1.29 is 9.59 Å². The Morgan fingerprint density at radius 3 is 2.88 bits per heavy atom. The minimum absolute atomic E-state index is 0.123. The van der Waals surface area contributed by atoms with E-state index >= 15 is 0 Å². The number of nitrogens with one attached hydrogen (secondary N) is 1. The van der Waals surface area contributed by atoms with E-state index in [-0.39, 0.29) is 11.7 Å². The van der Waals surface area contributed by atoms with E-state index in [4.69, 9.17) is 0 Å². The third-order valence-electron chi connectivity index (χ3n) is 0.561. The maximum absolute atomic E-state index is 10.3. The van der Waals surface area contributed by atoms with Crippen molar-refractivity contribution >= 4 is 23.3 Å². The molecule has 0 aromatic heterocycles. The van der Waals surface area contributed by atoms with Crippen LogP contribution in [-0.4, -0.2) is 24.3 Å². The van der Waals surface area contributed by atoms with Crippen LogP contribution in [0.3, 0.4) is 0 Å². The van der Waals surface area contributed by atoms with Gasteiger partial charge in [0.05, 0.1) is 5.75 Å². The first-order valence-electron chi connectivity index (χ1n) is 2.07. The molecule has 0 rings (SSSR count). The summed E-state index contributed by atoms with van der Waals surface area (Å²) in [6.45, 7) is 0. The first-order valence-corrected chi connectivity index (χ1v) is 3.12. The van der Waals surface area contributed by atoms with Gasteiger partial charge in [0.2, 0.25) is 5.91 Å². The fourth-order valence-corrected chi connectivity index (χ4v) is 0.546. The van der Waals surface area contributed by atoms with Crippen LogP contribution in [-0.2, 0) is 9.59 Å². The van der Waals surface area contributed by atoms with Gasteiger partial charge >= 0.3 is 0 Å². The zero-order valence-corrected chi connectivity index (χ0v) is 5.33. The normalized spacial score (nSPS) is 8.12. The summed E-state index contributed by atoms with van der Waals surface area (Å²) in [6, 6.07) is 0. The Kier molecular flexibility index (Phi) is 4.35. The second-order valence-electron chi connectivity index (χ2n) is 1.08. The van der Waals surface area contributed by atoms with Gasteiger partial charge in [0.15, 0.2) is 5.62 Å². The molecule has 0 heterocycles. The molecule has 0 aliphatic heterocycles. The number of rotatable bonds is 3. The van der Waals surface area contributed by atoms with Crippen molar-refractivity contribution in [3.63, 3.8) is 0 Å². The molecular formula is C4H7NO2S. The third-order valence-corrected chi connectivity index (χ3v) is 1.13. The lowest BCUT2D eigenvalue weighted by atomic mass is 10.7. The number of carbonyl (C=O) groups is 2. The Bertz CT molecular complexity index is 94.0. The van der Waals surface area contributed by atoms with Gasteiger partial charge in [-0.15, -0.1) is 0 Å². The minimum atomic E-state index is -0.123. The zero-order chi connectivity index (χ0) is 6.41. The monoisotopic (exact) mass is 133 g/mol. The summed E-state index contributed by atoms with van der Waals surface area (Å²) < 4.78 is 0. The molecule has 0 saturated carbocycles. The van der Waals surface area contributed by atoms with E-state index in [1.165, 1.54) is 7.05 Å². The summed E-state index contributed by atoms with van der Waals surface area (Å²) in [7, 11) is 1.54. The quantitative estimate of drug-likeness (QED) is 0.535. The molecule has 0 unspecified atom stereocenters. The third kappa shape index (κ3) is 3.67. The Balaban J connectivity index is 3.11. The predicted molar refractivity (Wildman–Crippen MR) is 33.3 cm³/mol. The smallest absolute Gasteiger partial charge is 0.230 e. The average molecular weight is 133 g/mol. The lowest BCUT2D eigenvalue weighted by molar-refractivity contribution is -0.118. The Hall–Kier alpha value is -0.510. The van der Waals surface area contributed by atoms with Gasteiger partial charge in [0.25, 0.3) is 0 Å². The molecule has 0 atom stereocenters. The van der Waals surface area contributed by atoms with E-state index in [1.807, 2.05) is 0 Å². The molecule has 0 aliphatic carbocycles. The van der Waals surface area contributed by atoms with Crippen molar-refractivity contribution in [2.24, 2.45) is 0 Å². The van der Waals surface area contributed by atoms with Crippen LogP contribution in [0.5, 0.6) is 0 Å². The molecule has 1 amide bonds. The van der Waals surface area contributed by atoms with Gasteiger partial charge in [-0.2, -0.15) is 0 Å². The van der Waals surface area contributed by atoms with Crippen LogP contribution in [0.2, 0.25) is 0 Å². The molecule has 0 saturated heterocycles. The summed E-state index contributed by atoms with van der Waals surface area (Å²) in [5.41, 5.74) is 0.648. The highest BCUT2D eigenvalue weighted by Crippen LogP contribution is 1.89. The maximum atomic E-state index is 10.3. The first kappa shape index (κ1) is 7.49. The largest absolute Gasteiger partial charge is 0.358 e. The van der Waals surface area contributed by atoms with Crippen molar-refractivity contribution in [2.75, 3.05) is 12.8 Å². The van der Waals surface area contributed by atoms with Crippen LogP contribution in [0.1, 0.15) is 0 Å². The molecule has 0 aliphatic rings. The van der Waals surface area contributed by atoms with Crippen molar-refractivity contribution in [1.82, 2.24) is 5.32 Å². The van der Waals surface area contributed by atoms with Gasteiger partial charge < -0.3 is 5.32 Å². The van der Waals surface area contributed by atoms with E-state index in [9.17, 15) is 9.59 Å². The van der Waals surface area contributed by atoms with E-state index < -0.39 is 0 Å². The standard InChI is InChI=1S/C4H7NO2S/c1-5-4(7)2-8-3-6/h3H,2H2,1H3,(H,5,7). The topological polar surface area (TPSA) is 46.2 Å². The van der Waals surface area contributed by atoms with Gasteiger partial charge in [-0.05, 0) is 0 Å². The Morgan fingerprint density at radius 1 is 1.88 bits per heavy atom. The van der Waals surface area contributed by atoms with Gasteiger partial charge in [-0.3, -0.25) is 9.59 Å². The molecule has 0 aromatic rings. The number of hydrogen-bond acceptors (Lipinski definition) is 3. The number of thioether (sulfide) groups is 1. The molecule has 8 heavy (non-hydrogen) atoms. The predicted octanol–water partition coefficient (Wildman–Crippen LogP) is -0.344. The molecule has 0 aromatic carbocycles. The fraction of sp³-hybridized carbons (Fsp3) is 0.500. The van der Waals surface area contributed by atoms with Crippen LogP contribution in [0.25, 0.3) is 0 Å². The van der Waals surface area contributed by atoms with Crippen LogP contribution in [0.15, 0.2) is 0 Å². The number of carbonyl (C=O) groups excluding carboxylic acids is 2. The molecule has 0 radical (unpaired) electrons. The molecule has 46 valence electrons. The van der Waals surface area contributed by atoms with E-state index in [2.05, 4.69) is 5.32 Å². The van der Waals surface area contributed by atoms with Crippen molar-refractivity contribution in [2.45, 2.75) is 0 Å². The molecule has 0 fully saturated rings. The van der Waals surface area contributed by atoms with E-state index in [0.717, 1.165) is 11.8 Å². The van der Waals surface area contributed by atoms with Crippen LogP contribution >= 0.6 is 11.8 Å². The second-order valence-corrected chi connectivity index (χ2v) is 1.89. The lowest BCUT2D eigenvalue weighted by Crippen LogP contribution is -2.19. The fourth-order valence-electron chi connectivity index (χ4n) is 0.182. The second kappa shape index (κ2) is 4.64. The van der Waals surface area contributed by atoms with Gasteiger partial charge in [-0.25, -0.2) is 0 Å². The number of amides is 1. The summed E-state index contributed by atoms with van der Waals surface area (Å²) in [4.78, 5) is 19.9. The Labute approximate surface area is 51.8 Å². The van der Waals surface area contributed by atoms with Crippen molar-refractivity contribution in [3.05, 3.63) is 0 Å². The van der Waals surface area contributed by atoms with Gasteiger partial charge in [0, 0.05) is 7.05 Å². The molecule has 0 bridgehead atoms. The highest BCUT2D eigenvalue weighted by molar-refractivity contribution is 8.12.